The SMILES string of the molecule is CC(C(O)c1ccccc1)N(C)CC1CC(c2ccc(CO)cc2)OC(c2ccc(CNC(=O)CCCCCC(=O)O)cc2)O1. The van der Waals surface area contributed by atoms with E-state index >= 15 is 0 Å². The van der Waals surface area contributed by atoms with Crippen LogP contribution in [0.1, 0.15) is 91.8 Å². The van der Waals surface area contributed by atoms with Crippen LogP contribution in [-0.2, 0) is 32.2 Å². The van der Waals surface area contributed by atoms with E-state index in [-0.39, 0.29) is 37.2 Å². The fourth-order valence-electron chi connectivity index (χ4n) is 5.51. The Kier molecular flexibility index (Phi) is 13.1. The maximum absolute atomic E-state index is 12.2. The first-order chi connectivity index (χ1) is 21.7. The third kappa shape index (κ3) is 10.5. The summed E-state index contributed by atoms with van der Waals surface area (Å²) in [6.07, 6.45) is 1.46. The molecule has 9 heteroatoms. The zero-order valence-electron chi connectivity index (χ0n) is 26.2. The second-order valence-electron chi connectivity index (χ2n) is 11.9. The average molecular weight is 619 g/mol. The van der Waals surface area contributed by atoms with Crippen LogP contribution in [0.3, 0.4) is 0 Å². The standard InChI is InChI=1S/C36H46N2O7/c1-25(35(43)29-9-5-3-6-10-29)38(2)23-31-21-32(28-17-15-27(24-39)16-18-28)45-36(44-31)30-19-13-26(14-20-30)22-37-33(40)11-7-4-8-12-34(41)42/h3,5-6,9-10,13-20,25,31-32,35-36,39,43H,4,7-8,11-12,21-24H2,1-2H3,(H,37,40)(H,41,42). The second-order valence-corrected chi connectivity index (χ2v) is 11.9. The van der Waals surface area contributed by atoms with E-state index in [1.54, 1.807) is 0 Å². The number of carboxylic acid groups (broad SMARTS) is 1. The van der Waals surface area contributed by atoms with E-state index in [4.69, 9.17) is 14.6 Å². The maximum Gasteiger partial charge on any atom is 0.303 e. The Balaban J connectivity index is 1.39. The van der Waals surface area contributed by atoms with Crippen LogP contribution in [0.2, 0.25) is 0 Å². The number of ether oxygens (including phenoxy) is 2. The lowest BCUT2D eigenvalue weighted by Gasteiger charge is -2.39. The van der Waals surface area contributed by atoms with Crippen molar-refractivity contribution in [1.82, 2.24) is 10.2 Å². The Morgan fingerprint density at radius 3 is 2.20 bits per heavy atom. The minimum Gasteiger partial charge on any atom is -0.481 e. The Hall–Kier alpha value is -3.60. The molecular weight excluding hydrogens is 572 g/mol. The molecule has 0 aromatic heterocycles. The number of hydrogen-bond acceptors (Lipinski definition) is 7. The van der Waals surface area contributed by atoms with Crippen molar-refractivity contribution < 1.29 is 34.4 Å². The first-order valence-electron chi connectivity index (χ1n) is 15.7. The molecule has 5 atom stereocenters. The van der Waals surface area contributed by atoms with Gasteiger partial charge in [-0.3, -0.25) is 14.5 Å². The highest BCUT2D eigenvalue weighted by molar-refractivity contribution is 5.75. The number of likely N-dealkylation sites (N-methyl/N-ethyl adjacent to an activating group) is 1. The number of carbonyl (C=O) groups excluding carboxylic acids is 1. The number of aliphatic hydroxyl groups is 2. The van der Waals surface area contributed by atoms with E-state index in [0.29, 0.717) is 45.2 Å². The lowest BCUT2D eigenvalue weighted by atomic mass is 9.98. The van der Waals surface area contributed by atoms with Crippen LogP contribution < -0.4 is 5.32 Å². The molecule has 9 nitrogen and oxygen atoms in total. The van der Waals surface area contributed by atoms with Crippen LogP contribution in [0.15, 0.2) is 78.9 Å². The minimum absolute atomic E-state index is 0.0216. The van der Waals surface area contributed by atoms with Gasteiger partial charge in [0.1, 0.15) is 0 Å². The summed E-state index contributed by atoms with van der Waals surface area (Å²) in [5.74, 6) is -0.864. The molecule has 5 unspecified atom stereocenters. The van der Waals surface area contributed by atoms with Crippen LogP contribution >= 0.6 is 0 Å². The second kappa shape index (κ2) is 17.2. The number of carboxylic acids is 1. The third-order valence-corrected chi connectivity index (χ3v) is 8.44. The highest BCUT2D eigenvalue weighted by Crippen LogP contribution is 2.38. The number of unbranched alkanes of at least 4 members (excludes halogenated alkanes) is 2. The fraction of sp³-hybridized carbons (Fsp3) is 0.444. The molecule has 0 spiro atoms. The van der Waals surface area contributed by atoms with Crippen LogP contribution in [0.5, 0.6) is 0 Å². The summed E-state index contributed by atoms with van der Waals surface area (Å²) in [6, 6.07) is 25.1. The van der Waals surface area contributed by atoms with E-state index < -0.39 is 18.4 Å². The highest BCUT2D eigenvalue weighted by Gasteiger charge is 2.34. The Morgan fingerprint density at radius 1 is 0.889 bits per heavy atom. The molecule has 4 rings (SSSR count). The summed E-state index contributed by atoms with van der Waals surface area (Å²) in [5, 5.41) is 32.2. The van der Waals surface area contributed by atoms with Gasteiger partial charge in [-0.1, -0.05) is 85.3 Å². The molecule has 3 aromatic rings. The number of rotatable bonds is 16. The number of benzene rings is 3. The molecule has 0 aliphatic carbocycles. The van der Waals surface area contributed by atoms with Gasteiger partial charge in [-0.25, -0.2) is 0 Å². The van der Waals surface area contributed by atoms with Crippen molar-refractivity contribution in [1.29, 1.82) is 0 Å². The van der Waals surface area contributed by atoms with Crippen molar-refractivity contribution in [2.24, 2.45) is 0 Å². The van der Waals surface area contributed by atoms with E-state index in [1.807, 2.05) is 92.8 Å². The quantitative estimate of drug-likeness (QED) is 0.157. The maximum atomic E-state index is 12.2. The molecule has 1 aliphatic rings. The molecular formula is C36H46N2O7. The Labute approximate surface area is 265 Å². The van der Waals surface area contributed by atoms with Gasteiger partial charge < -0.3 is 30.1 Å². The predicted molar refractivity (Wildman–Crippen MR) is 171 cm³/mol. The zero-order chi connectivity index (χ0) is 32.2. The topological polar surface area (TPSA) is 129 Å². The van der Waals surface area contributed by atoms with Gasteiger partial charge in [0.25, 0.3) is 0 Å². The largest absolute Gasteiger partial charge is 0.481 e. The van der Waals surface area contributed by atoms with E-state index in [0.717, 1.165) is 27.8 Å². The molecule has 1 fully saturated rings. The molecule has 3 aromatic carbocycles. The summed E-state index contributed by atoms with van der Waals surface area (Å²) >= 11 is 0. The number of aliphatic carboxylic acids is 1. The van der Waals surface area contributed by atoms with Crippen molar-refractivity contribution in [3.8, 4) is 0 Å². The number of amides is 1. The molecule has 4 N–H and O–H groups in total. The van der Waals surface area contributed by atoms with Crippen molar-refractivity contribution in [2.45, 2.75) is 89.2 Å². The molecule has 1 amide bonds. The summed E-state index contributed by atoms with van der Waals surface area (Å²) in [7, 11) is 1.99. The summed E-state index contributed by atoms with van der Waals surface area (Å²) in [4.78, 5) is 25.0. The van der Waals surface area contributed by atoms with E-state index in [9.17, 15) is 19.8 Å². The van der Waals surface area contributed by atoms with Gasteiger partial charge in [0, 0.05) is 44.0 Å². The minimum atomic E-state index is -0.810. The first kappa shape index (κ1) is 34.3. The molecule has 0 radical (unpaired) electrons. The first-order valence-corrected chi connectivity index (χ1v) is 15.7. The van der Waals surface area contributed by atoms with Crippen LogP contribution in [0.4, 0.5) is 0 Å². The number of aliphatic hydroxyl groups excluding tert-OH is 2. The molecule has 0 saturated carbocycles. The molecule has 0 bridgehead atoms. The van der Waals surface area contributed by atoms with Gasteiger partial charge in [0.2, 0.25) is 5.91 Å². The Bertz CT molecular complexity index is 1330. The van der Waals surface area contributed by atoms with Gasteiger partial charge in [-0.15, -0.1) is 0 Å². The van der Waals surface area contributed by atoms with Gasteiger partial charge in [0.05, 0.1) is 24.9 Å². The number of nitrogens with zero attached hydrogens (tertiary/aromatic N) is 1. The van der Waals surface area contributed by atoms with Crippen molar-refractivity contribution in [3.05, 3.63) is 107 Å². The molecule has 45 heavy (non-hydrogen) atoms. The van der Waals surface area contributed by atoms with Crippen molar-refractivity contribution >= 4 is 11.9 Å². The highest BCUT2D eigenvalue weighted by atomic mass is 16.7. The van der Waals surface area contributed by atoms with Crippen molar-refractivity contribution in [2.75, 3.05) is 13.6 Å². The normalized spacial score (nSPS) is 19.6. The molecule has 1 saturated heterocycles. The predicted octanol–water partition coefficient (Wildman–Crippen LogP) is 5.43. The summed E-state index contributed by atoms with van der Waals surface area (Å²) < 4.78 is 13.0. The number of nitrogens with one attached hydrogen (secondary N) is 1. The lowest BCUT2D eigenvalue weighted by Crippen LogP contribution is -2.43. The van der Waals surface area contributed by atoms with Gasteiger partial charge in [0.15, 0.2) is 6.29 Å². The molecule has 1 aliphatic heterocycles. The average Bonchev–Trinajstić information content (AvgIpc) is 3.06. The van der Waals surface area contributed by atoms with Crippen molar-refractivity contribution in [3.63, 3.8) is 0 Å². The molecule has 242 valence electrons. The number of hydrogen-bond donors (Lipinski definition) is 4. The smallest absolute Gasteiger partial charge is 0.303 e. The van der Waals surface area contributed by atoms with Gasteiger partial charge in [-0.05, 0) is 49.1 Å². The lowest BCUT2D eigenvalue weighted by molar-refractivity contribution is -0.253. The van der Waals surface area contributed by atoms with E-state index in [1.165, 1.54) is 0 Å². The van der Waals surface area contributed by atoms with Gasteiger partial charge >= 0.3 is 5.97 Å². The third-order valence-electron chi connectivity index (χ3n) is 8.44. The Morgan fingerprint density at radius 2 is 1.53 bits per heavy atom. The fourth-order valence-corrected chi connectivity index (χ4v) is 5.51. The summed E-state index contributed by atoms with van der Waals surface area (Å²) in [5.41, 5.74) is 4.53. The van der Waals surface area contributed by atoms with Crippen LogP contribution in [-0.4, -0.2) is 57.8 Å². The van der Waals surface area contributed by atoms with Crippen LogP contribution in [0, 0.1) is 0 Å². The monoisotopic (exact) mass is 618 g/mol. The molecule has 1 heterocycles. The van der Waals surface area contributed by atoms with E-state index in [2.05, 4.69) is 10.2 Å². The summed E-state index contributed by atoms with van der Waals surface area (Å²) in [6.45, 7) is 2.98. The van der Waals surface area contributed by atoms with Gasteiger partial charge in [-0.2, -0.15) is 0 Å². The zero-order valence-corrected chi connectivity index (χ0v) is 26.2. The number of carbonyl (C=O) groups is 2. The van der Waals surface area contributed by atoms with Crippen LogP contribution in [0.25, 0.3) is 0 Å².